The van der Waals surface area contributed by atoms with Gasteiger partial charge in [0.2, 0.25) is 0 Å². The van der Waals surface area contributed by atoms with Crippen molar-refractivity contribution in [3.8, 4) is 0 Å². The fourth-order valence-electron chi connectivity index (χ4n) is 1.91. The molecule has 0 aromatic rings. The van der Waals surface area contributed by atoms with Crippen LogP contribution in [0, 0.1) is 0 Å². The maximum absolute atomic E-state index is 11.7. The molecule has 0 spiro atoms. The molecule has 0 N–H and O–H groups in total. The Labute approximate surface area is 111 Å². The second-order valence-corrected chi connectivity index (χ2v) is 17.3. The Kier molecular flexibility index (Phi) is 7.28. The predicted molar refractivity (Wildman–Crippen MR) is 79.7 cm³/mol. The van der Waals surface area contributed by atoms with Crippen LogP contribution >= 0.6 is 9.47 Å². The van der Waals surface area contributed by atoms with Gasteiger partial charge in [0.25, 0.3) is 0 Å². The van der Waals surface area contributed by atoms with Crippen molar-refractivity contribution in [2.75, 3.05) is 6.61 Å². The average Bonchev–Trinajstić information content (AvgIpc) is 1.96. The fraction of sp³-hybridized carbons (Fsp3) is 1.00. The molecule has 0 amide bonds. The van der Waals surface area contributed by atoms with Crippen LogP contribution in [-0.4, -0.2) is 32.0 Å². The van der Waals surface area contributed by atoms with E-state index in [1.165, 1.54) is 0 Å². The van der Waals surface area contributed by atoms with Gasteiger partial charge in [-0.2, -0.15) is 0 Å². The highest BCUT2D eigenvalue weighted by Crippen LogP contribution is 2.22. The van der Waals surface area contributed by atoms with E-state index in [0.717, 1.165) is 19.1 Å². The molecule has 0 bridgehead atoms. The summed E-state index contributed by atoms with van der Waals surface area (Å²) in [6.07, 6.45) is 0.991. The Morgan fingerprint density at radius 2 is 1.53 bits per heavy atom. The standard InChI is InChI=1S/C9H26O4PSi3/c1-15(2,9-7-8-11-14)12-17(5,6)13-16(3,4)10/h7-9,14H2,1-6H3/q-1. The molecule has 0 aliphatic carbocycles. The quantitative estimate of drug-likeness (QED) is 0.391. The zero-order valence-electron chi connectivity index (χ0n) is 11.8. The molecule has 0 aromatic heterocycles. The first-order valence-electron chi connectivity index (χ1n) is 5.90. The molecular formula is C9H26O4PSi3-. The Hall–Kier alpha value is 0.921. The first-order chi connectivity index (χ1) is 7.47. The van der Waals surface area contributed by atoms with Gasteiger partial charge in [0.15, 0.2) is 8.32 Å². The molecule has 0 saturated heterocycles. The van der Waals surface area contributed by atoms with Crippen LogP contribution in [0.2, 0.25) is 45.3 Å². The zero-order valence-corrected chi connectivity index (χ0v) is 16.0. The van der Waals surface area contributed by atoms with Crippen LogP contribution in [0.5, 0.6) is 0 Å². The summed E-state index contributed by atoms with van der Waals surface area (Å²) in [5.41, 5.74) is 0. The number of hydrogen-bond donors (Lipinski definition) is 0. The fourth-order valence-corrected chi connectivity index (χ4v) is 14.1. The minimum atomic E-state index is -2.75. The maximum atomic E-state index is 11.7. The van der Waals surface area contributed by atoms with Crippen LogP contribution < -0.4 is 4.80 Å². The summed E-state index contributed by atoms with van der Waals surface area (Å²) in [7, 11) is -4.51. The Bertz CT molecular complexity index is 231. The molecule has 0 fully saturated rings. The van der Waals surface area contributed by atoms with Gasteiger partial charge in [-0.1, -0.05) is 13.1 Å². The van der Waals surface area contributed by atoms with Crippen molar-refractivity contribution in [1.29, 1.82) is 0 Å². The number of rotatable bonds is 8. The van der Waals surface area contributed by atoms with E-state index >= 15 is 0 Å². The third-order valence-corrected chi connectivity index (χ3v) is 12.0. The largest absolute Gasteiger partial charge is 0.839 e. The van der Waals surface area contributed by atoms with Crippen molar-refractivity contribution >= 4 is 34.9 Å². The van der Waals surface area contributed by atoms with Gasteiger partial charge in [0, 0.05) is 16.1 Å². The van der Waals surface area contributed by atoms with Crippen LogP contribution in [0.1, 0.15) is 6.42 Å². The lowest BCUT2D eigenvalue weighted by Gasteiger charge is -2.41. The molecule has 0 aromatic carbocycles. The van der Waals surface area contributed by atoms with Gasteiger partial charge >= 0.3 is 8.56 Å². The van der Waals surface area contributed by atoms with Gasteiger partial charge in [-0.05, 0) is 38.7 Å². The molecule has 0 radical (unpaired) electrons. The van der Waals surface area contributed by atoms with Crippen LogP contribution in [0.4, 0.5) is 0 Å². The highest BCUT2D eigenvalue weighted by molar-refractivity contribution is 7.09. The highest BCUT2D eigenvalue weighted by Gasteiger charge is 2.35. The lowest BCUT2D eigenvalue weighted by molar-refractivity contribution is -0.228. The van der Waals surface area contributed by atoms with Crippen molar-refractivity contribution < 1.29 is 17.5 Å². The van der Waals surface area contributed by atoms with E-state index in [2.05, 4.69) is 22.6 Å². The summed E-state index contributed by atoms with van der Waals surface area (Å²) < 4.78 is 16.8. The Morgan fingerprint density at radius 3 is 1.94 bits per heavy atom. The molecular weight excluding hydrogens is 287 g/mol. The average molecular weight is 314 g/mol. The molecule has 0 rings (SSSR count). The summed E-state index contributed by atoms with van der Waals surface area (Å²) in [5, 5.41) is 0. The monoisotopic (exact) mass is 313 g/mol. The normalized spacial score (nSPS) is 14.1. The van der Waals surface area contributed by atoms with E-state index < -0.39 is 25.4 Å². The van der Waals surface area contributed by atoms with Crippen LogP contribution in [0.15, 0.2) is 0 Å². The van der Waals surface area contributed by atoms with E-state index in [0.29, 0.717) is 0 Å². The molecule has 0 aliphatic heterocycles. The summed E-state index contributed by atoms with van der Waals surface area (Å²) >= 11 is 0. The summed E-state index contributed by atoms with van der Waals surface area (Å²) in [4.78, 5) is 11.7. The molecule has 0 aliphatic rings. The minimum absolute atomic E-state index is 0.731. The van der Waals surface area contributed by atoms with Crippen molar-refractivity contribution in [2.24, 2.45) is 0 Å². The lowest BCUT2D eigenvalue weighted by atomic mass is 10.5. The lowest BCUT2D eigenvalue weighted by Crippen LogP contribution is -2.58. The van der Waals surface area contributed by atoms with Crippen molar-refractivity contribution in [3.05, 3.63) is 0 Å². The summed E-state index contributed by atoms with van der Waals surface area (Å²) in [5.74, 6) is 0. The topological polar surface area (TPSA) is 50.8 Å². The van der Waals surface area contributed by atoms with Crippen LogP contribution in [-0.2, 0) is 12.8 Å². The second kappa shape index (κ2) is 6.91. The Morgan fingerprint density at radius 1 is 1.00 bits per heavy atom. The molecule has 0 heterocycles. The molecule has 0 saturated carbocycles. The highest BCUT2D eigenvalue weighted by atomic mass is 31.0. The second-order valence-electron chi connectivity index (χ2n) is 5.74. The Balaban J connectivity index is 4.27. The van der Waals surface area contributed by atoms with Crippen molar-refractivity contribution in [3.63, 3.8) is 0 Å². The minimum Gasteiger partial charge on any atom is -0.839 e. The van der Waals surface area contributed by atoms with E-state index in [-0.39, 0.29) is 0 Å². The summed E-state index contributed by atoms with van der Waals surface area (Å²) in [6.45, 7) is 12.4. The van der Waals surface area contributed by atoms with Gasteiger partial charge in [0.1, 0.15) is 0 Å². The van der Waals surface area contributed by atoms with E-state index in [4.69, 9.17) is 12.8 Å². The van der Waals surface area contributed by atoms with Gasteiger partial charge in [-0.15, -0.1) is 0 Å². The zero-order chi connectivity index (χ0) is 13.7. The summed E-state index contributed by atoms with van der Waals surface area (Å²) in [6, 6.07) is 1.03. The first-order valence-corrected chi connectivity index (χ1v) is 15.1. The van der Waals surface area contributed by atoms with Crippen molar-refractivity contribution in [1.82, 2.24) is 0 Å². The smallest absolute Gasteiger partial charge is 0.310 e. The molecule has 1 unspecified atom stereocenters. The maximum Gasteiger partial charge on any atom is 0.310 e. The van der Waals surface area contributed by atoms with Crippen LogP contribution in [0.3, 0.4) is 0 Å². The van der Waals surface area contributed by atoms with Crippen LogP contribution in [0.25, 0.3) is 0 Å². The van der Waals surface area contributed by atoms with Gasteiger partial charge in [0.05, 0.1) is 8.56 Å². The molecule has 104 valence electrons. The van der Waals surface area contributed by atoms with E-state index in [9.17, 15) is 4.80 Å². The van der Waals surface area contributed by atoms with Gasteiger partial charge < -0.3 is 17.5 Å². The molecule has 17 heavy (non-hydrogen) atoms. The molecule has 8 heteroatoms. The predicted octanol–water partition coefficient (Wildman–Crippen LogP) is 2.19. The third-order valence-electron chi connectivity index (χ3n) is 2.05. The van der Waals surface area contributed by atoms with Crippen molar-refractivity contribution in [2.45, 2.75) is 51.7 Å². The van der Waals surface area contributed by atoms with E-state index in [1.54, 1.807) is 13.1 Å². The van der Waals surface area contributed by atoms with Gasteiger partial charge in [-0.25, -0.2) is 0 Å². The van der Waals surface area contributed by atoms with Gasteiger partial charge in [-0.3, -0.25) is 0 Å². The SMILES string of the molecule is C[Si](C)([O-])O[Si](C)(C)O[Si](C)(C)CCCOP. The third kappa shape index (κ3) is 10.5. The molecule has 4 nitrogen and oxygen atoms in total. The first kappa shape index (κ1) is 17.9. The number of hydrogen-bond acceptors (Lipinski definition) is 4. The van der Waals surface area contributed by atoms with E-state index in [1.807, 2.05) is 13.1 Å². The molecule has 1 atom stereocenters.